The number of aryl methyl sites for hydroxylation is 1. The molecule has 2 amide bonds. The number of benzene rings is 3. The third-order valence-corrected chi connectivity index (χ3v) is 8.07. The van der Waals surface area contributed by atoms with Crippen LogP contribution >= 0.6 is 0 Å². The van der Waals surface area contributed by atoms with Gasteiger partial charge >= 0.3 is 0 Å². The smallest absolute Gasteiger partial charge is 0.243 e. The van der Waals surface area contributed by atoms with Crippen molar-refractivity contribution < 1.29 is 22.7 Å². The number of nitrogens with one attached hydrogen (secondary N) is 1. The van der Waals surface area contributed by atoms with Crippen molar-refractivity contribution in [3.8, 4) is 5.75 Å². The van der Waals surface area contributed by atoms with Crippen LogP contribution < -0.4 is 14.4 Å². The maximum absolute atomic E-state index is 14.0. The van der Waals surface area contributed by atoms with E-state index in [1.807, 2.05) is 82.3 Å². The molecule has 1 atom stereocenters. The number of ether oxygens (including phenoxy) is 1. The van der Waals surface area contributed by atoms with Crippen LogP contribution in [0.4, 0.5) is 5.69 Å². The third-order valence-electron chi connectivity index (χ3n) is 6.89. The summed E-state index contributed by atoms with van der Waals surface area (Å²) in [6, 6.07) is 23.6. The molecular weight excluding hydrogens is 550 g/mol. The highest BCUT2D eigenvalue weighted by Gasteiger charge is 2.31. The Hall–Kier alpha value is -3.85. The van der Waals surface area contributed by atoms with E-state index in [1.165, 1.54) is 4.31 Å². The van der Waals surface area contributed by atoms with Crippen LogP contribution in [-0.4, -0.2) is 56.6 Å². The number of hydrogen-bond acceptors (Lipinski definition) is 5. The number of nitrogens with zero attached hydrogens (tertiary/aromatic N) is 2. The van der Waals surface area contributed by atoms with Gasteiger partial charge in [0.2, 0.25) is 21.8 Å². The number of para-hydroxylation sites is 2. The number of rotatable bonds is 15. The Balaban J connectivity index is 1.90. The highest BCUT2D eigenvalue weighted by molar-refractivity contribution is 7.92. The zero-order chi connectivity index (χ0) is 30.7. The molecule has 0 saturated carbocycles. The molecule has 8 nitrogen and oxygen atoms in total. The molecule has 226 valence electrons. The van der Waals surface area contributed by atoms with E-state index in [0.717, 1.165) is 22.9 Å². The van der Waals surface area contributed by atoms with Gasteiger partial charge in [0.1, 0.15) is 11.8 Å². The second kappa shape index (κ2) is 15.4. The van der Waals surface area contributed by atoms with Crippen LogP contribution in [0.3, 0.4) is 0 Å². The number of sulfonamides is 1. The van der Waals surface area contributed by atoms with Crippen molar-refractivity contribution in [3.05, 3.63) is 95.6 Å². The Morgan fingerprint density at radius 1 is 0.929 bits per heavy atom. The summed E-state index contributed by atoms with van der Waals surface area (Å²) in [5.74, 6) is 0.0232. The monoisotopic (exact) mass is 593 g/mol. The van der Waals surface area contributed by atoms with E-state index in [0.29, 0.717) is 24.5 Å². The summed E-state index contributed by atoms with van der Waals surface area (Å²) < 4.78 is 32.6. The van der Waals surface area contributed by atoms with Gasteiger partial charge in [-0.1, -0.05) is 66.7 Å². The summed E-state index contributed by atoms with van der Waals surface area (Å²) >= 11 is 0. The molecule has 0 aromatic heterocycles. The molecule has 0 radical (unpaired) electrons. The lowest BCUT2D eigenvalue weighted by molar-refractivity contribution is -0.141. The van der Waals surface area contributed by atoms with Gasteiger partial charge < -0.3 is 15.0 Å². The molecular formula is C33H43N3O5S. The molecule has 0 heterocycles. The minimum absolute atomic E-state index is 0.0644. The Labute approximate surface area is 250 Å². The average Bonchev–Trinajstić information content (AvgIpc) is 2.94. The largest absolute Gasteiger partial charge is 0.492 e. The molecule has 0 saturated heterocycles. The maximum Gasteiger partial charge on any atom is 0.243 e. The Kier molecular flexibility index (Phi) is 12.0. The predicted molar refractivity (Wildman–Crippen MR) is 168 cm³/mol. The summed E-state index contributed by atoms with van der Waals surface area (Å²) in [6.07, 6.45) is 1.83. The predicted octanol–water partition coefficient (Wildman–Crippen LogP) is 5.10. The van der Waals surface area contributed by atoms with Crippen LogP contribution in [0.2, 0.25) is 0 Å². The van der Waals surface area contributed by atoms with Crippen LogP contribution in [0.25, 0.3) is 0 Å². The highest BCUT2D eigenvalue weighted by Crippen LogP contribution is 2.30. The molecule has 0 aliphatic heterocycles. The molecule has 42 heavy (non-hydrogen) atoms. The Bertz CT molecular complexity index is 1430. The van der Waals surface area contributed by atoms with Crippen molar-refractivity contribution in [1.82, 2.24) is 10.2 Å². The molecule has 3 aromatic carbocycles. The first-order valence-electron chi connectivity index (χ1n) is 14.4. The van der Waals surface area contributed by atoms with Gasteiger partial charge in [0, 0.05) is 32.0 Å². The average molecular weight is 594 g/mol. The number of amides is 2. The van der Waals surface area contributed by atoms with E-state index in [4.69, 9.17) is 4.74 Å². The van der Waals surface area contributed by atoms with Crippen LogP contribution in [0.15, 0.2) is 78.9 Å². The Morgan fingerprint density at radius 3 is 2.21 bits per heavy atom. The van der Waals surface area contributed by atoms with E-state index in [2.05, 4.69) is 5.32 Å². The molecule has 3 rings (SSSR count). The maximum atomic E-state index is 14.0. The lowest BCUT2D eigenvalue weighted by atomic mass is 10.0. The summed E-state index contributed by atoms with van der Waals surface area (Å²) in [5.41, 5.74) is 3.35. The summed E-state index contributed by atoms with van der Waals surface area (Å²) in [5, 5.41) is 3.00. The van der Waals surface area contributed by atoms with Crippen LogP contribution in [-0.2, 0) is 32.6 Å². The SMILES string of the molecule is CCOc1ccccc1N(CCCC(=O)N(Cc1ccccc1C)[C@H](Cc1ccccc1)C(=O)NC(C)C)S(C)(=O)=O. The minimum atomic E-state index is -3.65. The van der Waals surface area contributed by atoms with E-state index < -0.39 is 16.1 Å². The van der Waals surface area contributed by atoms with Crippen molar-refractivity contribution >= 4 is 27.5 Å². The fraction of sp³-hybridized carbons (Fsp3) is 0.394. The zero-order valence-corrected chi connectivity index (χ0v) is 26.1. The highest BCUT2D eigenvalue weighted by atomic mass is 32.2. The standard InChI is InChI=1S/C33H43N3O5S/c1-6-41-31-20-13-12-19-29(31)36(42(5,39)40)22-14-21-32(37)35(24-28-18-11-10-15-26(28)4)30(33(38)34-25(2)3)23-27-16-8-7-9-17-27/h7-13,15-20,25,30H,6,14,21-24H2,1-5H3,(H,34,38)/t30-/m1/s1. The molecule has 0 aliphatic carbocycles. The van der Waals surface area contributed by atoms with Crippen molar-refractivity contribution in [1.29, 1.82) is 0 Å². The van der Waals surface area contributed by atoms with Crippen molar-refractivity contribution in [2.24, 2.45) is 0 Å². The van der Waals surface area contributed by atoms with Gasteiger partial charge in [-0.15, -0.1) is 0 Å². The quantitative estimate of drug-likeness (QED) is 0.264. The second-order valence-electron chi connectivity index (χ2n) is 10.7. The van der Waals surface area contributed by atoms with E-state index >= 15 is 0 Å². The normalized spacial score (nSPS) is 12.0. The first-order chi connectivity index (χ1) is 20.0. The van der Waals surface area contributed by atoms with Gasteiger partial charge in [-0.2, -0.15) is 0 Å². The zero-order valence-electron chi connectivity index (χ0n) is 25.2. The molecule has 0 fully saturated rings. The van der Waals surface area contributed by atoms with Gasteiger partial charge in [0.05, 0.1) is 18.6 Å². The fourth-order valence-corrected chi connectivity index (χ4v) is 5.80. The fourth-order valence-electron chi connectivity index (χ4n) is 4.83. The van der Waals surface area contributed by atoms with E-state index in [9.17, 15) is 18.0 Å². The first-order valence-corrected chi connectivity index (χ1v) is 16.2. The van der Waals surface area contributed by atoms with Gasteiger partial charge in [-0.05, 0) is 62.9 Å². The van der Waals surface area contributed by atoms with Crippen LogP contribution in [0.5, 0.6) is 5.75 Å². The number of carbonyl (C=O) groups is 2. The lowest BCUT2D eigenvalue weighted by Crippen LogP contribution is -2.52. The van der Waals surface area contributed by atoms with Crippen molar-refractivity contribution in [2.75, 3.05) is 23.7 Å². The van der Waals surface area contributed by atoms with Crippen LogP contribution in [0, 0.1) is 6.92 Å². The molecule has 9 heteroatoms. The molecule has 0 bridgehead atoms. The first kappa shape index (κ1) is 32.7. The van der Waals surface area contributed by atoms with Gasteiger partial charge in [-0.3, -0.25) is 13.9 Å². The van der Waals surface area contributed by atoms with Gasteiger partial charge in [-0.25, -0.2) is 8.42 Å². The van der Waals surface area contributed by atoms with Crippen LogP contribution in [0.1, 0.15) is 50.3 Å². The topological polar surface area (TPSA) is 96.0 Å². The molecule has 0 unspecified atom stereocenters. The third kappa shape index (κ3) is 9.34. The summed E-state index contributed by atoms with van der Waals surface area (Å²) in [6.45, 7) is 8.35. The van der Waals surface area contributed by atoms with E-state index in [1.54, 1.807) is 29.2 Å². The minimum Gasteiger partial charge on any atom is -0.492 e. The molecule has 3 aromatic rings. The van der Waals surface area contributed by atoms with Crippen molar-refractivity contribution in [3.63, 3.8) is 0 Å². The molecule has 1 N–H and O–H groups in total. The molecule has 0 spiro atoms. The number of hydrogen-bond donors (Lipinski definition) is 1. The van der Waals surface area contributed by atoms with Crippen molar-refractivity contribution in [2.45, 2.75) is 65.6 Å². The van der Waals surface area contributed by atoms with Gasteiger partial charge in [0.25, 0.3) is 0 Å². The number of anilines is 1. The number of carbonyl (C=O) groups excluding carboxylic acids is 2. The summed E-state index contributed by atoms with van der Waals surface area (Å²) in [4.78, 5) is 29.2. The summed E-state index contributed by atoms with van der Waals surface area (Å²) in [7, 11) is -3.65. The van der Waals surface area contributed by atoms with Gasteiger partial charge in [0.15, 0.2) is 0 Å². The van der Waals surface area contributed by atoms with E-state index in [-0.39, 0.29) is 43.8 Å². The Morgan fingerprint density at radius 2 is 1.57 bits per heavy atom. The second-order valence-corrected chi connectivity index (χ2v) is 12.6. The lowest BCUT2D eigenvalue weighted by Gasteiger charge is -2.33. The molecule has 0 aliphatic rings.